The summed E-state index contributed by atoms with van der Waals surface area (Å²) in [4.78, 5) is 18.2. The van der Waals surface area contributed by atoms with E-state index in [9.17, 15) is 0 Å². The van der Waals surface area contributed by atoms with Gasteiger partial charge < -0.3 is 31.1 Å². The minimum absolute atomic E-state index is 0.233. The molecule has 0 saturated carbocycles. The van der Waals surface area contributed by atoms with E-state index in [0.717, 1.165) is 0 Å². The second kappa shape index (κ2) is 19.4. The molecule has 16 heavy (non-hydrogen) atoms. The number of aliphatic hydroxyl groups excluding tert-OH is 2. The molecule has 0 aromatic heterocycles. The van der Waals surface area contributed by atoms with Gasteiger partial charge in [-0.2, -0.15) is 0 Å². The summed E-state index contributed by atoms with van der Waals surface area (Å²) in [6.07, 6.45) is 0. The molecule has 6 N–H and O–H groups in total. The molecule has 98 valence electrons. The van der Waals surface area contributed by atoms with Gasteiger partial charge in [0.05, 0.1) is 13.2 Å². The van der Waals surface area contributed by atoms with Gasteiger partial charge in [-0.05, 0) is 14.1 Å². The summed E-state index contributed by atoms with van der Waals surface area (Å²) in [5, 5.41) is 36.3. The molecule has 0 saturated heterocycles. The van der Waals surface area contributed by atoms with Crippen molar-refractivity contribution in [3.63, 3.8) is 0 Å². The molecule has 0 spiro atoms. The molecular weight excluding hydrogens is 220 g/mol. The highest BCUT2D eigenvalue weighted by Crippen LogP contribution is 1.56. The summed E-state index contributed by atoms with van der Waals surface area (Å²) in [5.74, 6) is -3.65. The highest BCUT2D eigenvalue weighted by Gasteiger charge is 2.04. The van der Waals surface area contributed by atoms with Crippen molar-refractivity contribution in [2.75, 3.05) is 40.4 Å². The number of hydrogen-bond donors (Lipinski definition) is 6. The summed E-state index contributed by atoms with van der Waals surface area (Å²) >= 11 is 0. The Morgan fingerprint density at radius 3 is 1.12 bits per heavy atom. The Hall–Kier alpha value is -1.22. The van der Waals surface area contributed by atoms with E-state index in [2.05, 4.69) is 10.6 Å². The first-order chi connectivity index (χ1) is 7.47. The molecule has 0 aromatic carbocycles. The van der Waals surface area contributed by atoms with E-state index < -0.39 is 11.9 Å². The monoisotopic (exact) mass is 240 g/mol. The largest absolute Gasteiger partial charge is 0.473 e. The van der Waals surface area contributed by atoms with Crippen LogP contribution < -0.4 is 10.6 Å². The van der Waals surface area contributed by atoms with Crippen LogP contribution in [0.2, 0.25) is 0 Å². The second-order valence-corrected chi connectivity index (χ2v) is 2.26. The van der Waals surface area contributed by atoms with Crippen LogP contribution >= 0.6 is 0 Å². The molecule has 0 unspecified atom stereocenters. The summed E-state index contributed by atoms with van der Waals surface area (Å²) in [6, 6.07) is 0. The minimum Gasteiger partial charge on any atom is -0.473 e. The minimum atomic E-state index is -1.82. The maximum Gasteiger partial charge on any atom is 0.414 e. The number of hydrogen-bond acceptors (Lipinski definition) is 6. The predicted octanol–water partition coefficient (Wildman–Crippen LogP) is -2.45. The molecule has 0 aliphatic carbocycles. The molecule has 0 radical (unpaired) electrons. The third kappa shape index (κ3) is 38.6. The van der Waals surface area contributed by atoms with Gasteiger partial charge in [0.2, 0.25) is 0 Å². The summed E-state index contributed by atoms with van der Waals surface area (Å²) in [5.41, 5.74) is 0. The van der Waals surface area contributed by atoms with Crippen LogP contribution in [0.5, 0.6) is 0 Å². The lowest BCUT2D eigenvalue weighted by molar-refractivity contribution is -0.159. The topological polar surface area (TPSA) is 139 Å². The van der Waals surface area contributed by atoms with Crippen LogP contribution in [-0.2, 0) is 9.59 Å². The maximum atomic E-state index is 9.10. The predicted molar refractivity (Wildman–Crippen MR) is 57.3 cm³/mol. The van der Waals surface area contributed by atoms with Gasteiger partial charge in [-0.25, -0.2) is 9.59 Å². The molecular formula is C8H20N2O6. The van der Waals surface area contributed by atoms with Crippen molar-refractivity contribution < 1.29 is 30.0 Å². The standard InChI is InChI=1S/2C3H9NO.C2H2O4/c2*1-4-2-3-5;3-1(4)2(5)6/h2*4-5H,2-3H2,1H3;(H,3,4)(H,5,6). The Morgan fingerprint density at radius 2 is 1.12 bits per heavy atom. The number of nitrogens with one attached hydrogen (secondary N) is 2. The molecule has 0 bridgehead atoms. The third-order valence-corrected chi connectivity index (χ3v) is 0.907. The molecule has 8 heteroatoms. The summed E-state index contributed by atoms with van der Waals surface area (Å²) < 4.78 is 0. The molecule has 0 rings (SSSR count). The van der Waals surface area contributed by atoms with E-state index in [4.69, 9.17) is 30.0 Å². The van der Waals surface area contributed by atoms with E-state index in [1.165, 1.54) is 0 Å². The maximum absolute atomic E-state index is 9.10. The number of rotatable bonds is 4. The van der Waals surface area contributed by atoms with Crippen molar-refractivity contribution in [3.8, 4) is 0 Å². The molecule has 0 aliphatic heterocycles. The number of aliphatic carboxylic acids is 2. The second-order valence-electron chi connectivity index (χ2n) is 2.26. The van der Waals surface area contributed by atoms with Crippen LogP contribution in [0.25, 0.3) is 0 Å². The highest BCUT2D eigenvalue weighted by molar-refractivity contribution is 6.27. The molecule has 0 heterocycles. The summed E-state index contributed by atoms with van der Waals surface area (Å²) in [7, 11) is 3.60. The van der Waals surface area contributed by atoms with Crippen molar-refractivity contribution in [1.29, 1.82) is 0 Å². The number of likely N-dealkylation sites (N-methyl/N-ethyl adjacent to an activating group) is 2. The van der Waals surface area contributed by atoms with Crippen LogP contribution in [0.4, 0.5) is 0 Å². The van der Waals surface area contributed by atoms with E-state index in [1.54, 1.807) is 14.1 Å². The fraction of sp³-hybridized carbons (Fsp3) is 0.750. The third-order valence-electron chi connectivity index (χ3n) is 0.907. The van der Waals surface area contributed by atoms with E-state index in [1.807, 2.05) is 0 Å². The molecule has 0 aromatic rings. The van der Waals surface area contributed by atoms with Crippen LogP contribution in [0.1, 0.15) is 0 Å². The van der Waals surface area contributed by atoms with E-state index in [0.29, 0.717) is 13.1 Å². The van der Waals surface area contributed by atoms with E-state index >= 15 is 0 Å². The number of aliphatic hydroxyl groups is 2. The first kappa shape index (κ1) is 20.2. The van der Waals surface area contributed by atoms with Crippen LogP contribution in [0.3, 0.4) is 0 Å². The van der Waals surface area contributed by atoms with Gasteiger partial charge in [-0.15, -0.1) is 0 Å². The Morgan fingerprint density at radius 1 is 0.875 bits per heavy atom. The zero-order valence-electron chi connectivity index (χ0n) is 9.43. The first-order valence-electron chi connectivity index (χ1n) is 4.45. The smallest absolute Gasteiger partial charge is 0.414 e. The molecule has 0 amide bonds. The van der Waals surface area contributed by atoms with Crippen molar-refractivity contribution >= 4 is 11.9 Å². The molecule has 0 fully saturated rings. The number of carboxylic acid groups (broad SMARTS) is 2. The Labute approximate surface area is 93.9 Å². The van der Waals surface area contributed by atoms with E-state index in [-0.39, 0.29) is 13.2 Å². The van der Waals surface area contributed by atoms with Crippen molar-refractivity contribution in [2.45, 2.75) is 0 Å². The zero-order chi connectivity index (χ0) is 13.4. The van der Waals surface area contributed by atoms with Crippen LogP contribution in [0.15, 0.2) is 0 Å². The fourth-order valence-corrected chi connectivity index (χ4v) is 0.224. The quantitative estimate of drug-likeness (QED) is 0.298. The Balaban J connectivity index is -0.000000160. The number of carboxylic acids is 2. The molecule has 0 atom stereocenters. The fourth-order valence-electron chi connectivity index (χ4n) is 0.224. The van der Waals surface area contributed by atoms with Gasteiger partial charge in [0.1, 0.15) is 0 Å². The lowest BCUT2D eigenvalue weighted by Gasteiger charge is -1.84. The SMILES string of the molecule is CNCCO.CNCCO.O=C(O)C(=O)O. The number of carbonyl (C=O) groups is 2. The van der Waals surface area contributed by atoms with Crippen molar-refractivity contribution in [1.82, 2.24) is 10.6 Å². The first-order valence-corrected chi connectivity index (χ1v) is 4.45. The highest BCUT2D eigenvalue weighted by atomic mass is 16.4. The van der Waals surface area contributed by atoms with Gasteiger partial charge >= 0.3 is 11.9 Å². The normalized spacial score (nSPS) is 8.00. The Kier molecular flexibility index (Phi) is 24.5. The van der Waals surface area contributed by atoms with Gasteiger partial charge in [0.15, 0.2) is 0 Å². The van der Waals surface area contributed by atoms with Crippen LogP contribution in [-0.4, -0.2) is 72.8 Å². The van der Waals surface area contributed by atoms with Crippen molar-refractivity contribution in [2.24, 2.45) is 0 Å². The Bertz CT molecular complexity index is 143. The lowest BCUT2D eigenvalue weighted by Crippen LogP contribution is -2.10. The van der Waals surface area contributed by atoms with Crippen molar-refractivity contribution in [3.05, 3.63) is 0 Å². The molecule has 8 nitrogen and oxygen atoms in total. The van der Waals surface area contributed by atoms with Gasteiger partial charge in [-0.3, -0.25) is 0 Å². The average molecular weight is 240 g/mol. The van der Waals surface area contributed by atoms with Gasteiger partial charge in [0.25, 0.3) is 0 Å². The van der Waals surface area contributed by atoms with Crippen LogP contribution in [0, 0.1) is 0 Å². The summed E-state index contributed by atoms with van der Waals surface area (Å²) in [6.45, 7) is 1.85. The lowest BCUT2D eigenvalue weighted by atomic mass is 10.7. The van der Waals surface area contributed by atoms with Gasteiger partial charge in [0, 0.05) is 13.1 Å². The average Bonchev–Trinajstić information content (AvgIpc) is 2.22. The molecule has 0 aliphatic rings. The van der Waals surface area contributed by atoms with Gasteiger partial charge in [-0.1, -0.05) is 0 Å². The zero-order valence-corrected chi connectivity index (χ0v) is 9.43.